The number of hydrogen-bond acceptors (Lipinski definition) is 3. The Kier molecular flexibility index (Phi) is 4.25. The minimum absolute atomic E-state index is 0.282. The monoisotopic (exact) mass is 272 g/mol. The molecule has 20 heavy (non-hydrogen) atoms. The molecular weight excluding hydrogens is 252 g/mol. The van der Waals surface area contributed by atoms with Crippen molar-refractivity contribution in [3.05, 3.63) is 42.0 Å². The fourth-order valence-corrected chi connectivity index (χ4v) is 2.47. The predicted molar refractivity (Wildman–Crippen MR) is 82.5 cm³/mol. The van der Waals surface area contributed by atoms with Gasteiger partial charge in [-0.15, -0.1) is 0 Å². The maximum atomic E-state index is 11.3. The highest BCUT2D eigenvalue weighted by atomic mass is 16.4. The van der Waals surface area contributed by atoms with E-state index >= 15 is 0 Å². The number of hydrogen-bond donors (Lipinski definition) is 2. The molecule has 4 nitrogen and oxygen atoms in total. The van der Waals surface area contributed by atoms with Gasteiger partial charge >= 0.3 is 5.97 Å². The number of nitrogens with zero attached hydrogens (tertiary/aromatic N) is 1. The van der Waals surface area contributed by atoms with E-state index in [4.69, 9.17) is 0 Å². The number of likely N-dealkylation sites (N-methyl/N-ethyl adjacent to an activating group) is 1. The fraction of sp³-hybridized carbons (Fsp3) is 0.312. The molecule has 0 aliphatic carbocycles. The Morgan fingerprint density at radius 2 is 1.85 bits per heavy atom. The SMILES string of the molecule is CC(CN(C)C)Nc1ccc(C(=O)O)c2ccccc12. The van der Waals surface area contributed by atoms with Crippen molar-refractivity contribution in [1.82, 2.24) is 4.90 Å². The Hall–Kier alpha value is -2.07. The Balaban J connectivity index is 2.40. The van der Waals surface area contributed by atoms with Crippen LogP contribution < -0.4 is 5.32 Å². The summed E-state index contributed by atoms with van der Waals surface area (Å²) in [6.07, 6.45) is 0. The van der Waals surface area contributed by atoms with Crippen LogP contribution in [0.5, 0.6) is 0 Å². The highest BCUT2D eigenvalue weighted by Gasteiger charge is 2.12. The second-order valence-electron chi connectivity index (χ2n) is 5.32. The number of carboxylic acid groups (broad SMARTS) is 1. The first kappa shape index (κ1) is 14.3. The van der Waals surface area contributed by atoms with Crippen molar-refractivity contribution < 1.29 is 9.90 Å². The molecule has 2 aromatic carbocycles. The summed E-state index contributed by atoms with van der Waals surface area (Å²) in [7, 11) is 4.06. The van der Waals surface area contributed by atoms with Crippen molar-refractivity contribution in [2.75, 3.05) is 26.0 Å². The van der Waals surface area contributed by atoms with Gasteiger partial charge in [-0.1, -0.05) is 24.3 Å². The summed E-state index contributed by atoms with van der Waals surface area (Å²) in [5, 5.41) is 14.4. The molecule has 2 rings (SSSR count). The van der Waals surface area contributed by atoms with Gasteiger partial charge in [-0.25, -0.2) is 4.79 Å². The Bertz CT molecular complexity index is 623. The number of carboxylic acids is 1. The average Bonchev–Trinajstić information content (AvgIpc) is 2.37. The van der Waals surface area contributed by atoms with Gasteiger partial charge in [0.1, 0.15) is 0 Å². The molecule has 0 amide bonds. The number of benzene rings is 2. The van der Waals surface area contributed by atoms with Gasteiger partial charge in [-0.05, 0) is 38.5 Å². The van der Waals surface area contributed by atoms with Gasteiger partial charge in [0.25, 0.3) is 0 Å². The van der Waals surface area contributed by atoms with Crippen molar-refractivity contribution in [2.45, 2.75) is 13.0 Å². The van der Waals surface area contributed by atoms with Gasteiger partial charge < -0.3 is 15.3 Å². The van der Waals surface area contributed by atoms with Crippen LogP contribution in [0.15, 0.2) is 36.4 Å². The number of aromatic carboxylic acids is 1. The van der Waals surface area contributed by atoms with Crippen LogP contribution in [0, 0.1) is 0 Å². The van der Waals surface area contributed by atoms with E-state index in [1.165, 1.54) is 0 Å². The topological polar surface area (TPSA) is 52.6 Å². The molecule has 0 aromatic heterocycles. The minimum atomic E-state index is -0.894. The predicted octanol–water partition coefficient (Wildman–Crippen LogP) is 2.90. The fourth-order valence-electron chi connectivity index (χ4n) is 2.47. The summed E-state index contributed by atoms with van der Waals surface area (Å²) < 4.78 is 0. The largest absolute Gasteiger partial charge is 0.478 e. The quantitative estimate of drug-likeness (QED) is 0.878. The van der Waals surface area contributed by atoms with E-state index in [2.05, 4.69) is 17.1 Å². The van der Waals surface area contributed by atoms with Crippen molar-refractivity contribution in [3.8, 4) is 0 Å². The summed E-state index contributed by atoms with van der Waals surface area (Å²) in [6, 6.07) is 11.4. The molecule has 0 bridgehead atoms. The normalized spacial score (nSPS) is 12.6. The summed E-state index contributed by atoms with van der Waals surface area (Å²) >= 11 is 0. The van der Waals surface area contributed by atoms with Crippen LogP contribution in [0.4, 0.5) is 5.69 Å². The zero-order chi connectivity index (χ0) is 14.7. The zero-order valence-electron chi connectivity index (χ0n) is 12.1. The maximum Gasteiger partial charge on any atom is 0.336 e. The lowest BCUT2D eigenvalue weighted by atomic mass is 10.0. The Morgan fingerprint density at radius 1 is 1.20 bits per heavy atom. The third-order valence-electron chi connectivity index (χ3n) is 3.20. The van der Waals surface area contributed by atoms with Crippen LogP contribution in [0.3, 0.4) is 0 Å². The standard InChI is InChI=1S/C16H20N2O2/c1-11(10-18(2)3)17-15-9-8-14(16(19)20)12-6-4-5-7-13(12)15/h4-9,11,17H,10H2,1-3H3,(H,19,20). The first-order valence-corrected chi connectivity index (χ1v) is 6.65. The lowest BCUT2D eigenvalue weighted by Crippen LogP contribution is -2.29. The van der Waals surface area contributed by atoms with Gasteiger partial charge in [0.2, 0.25) is 0 Å². The summed E-state index contributed by atoms with van der Waals surface area (Å²) in [6.45, 7) is 3.02. The second-order valence-corrected chi connectivity index (χ2v) is 5.32. The van der Waals surface area contributed by atoms with Crippen molar-refractivity contribution >= 4 is 22.4 Å². The van der Waals surface area contributed by atoms with Gasteiger partial charge in [-0.2, -0.15) is 0 Å². The molecule has 0 spiro atoms. The van der Waals surface area contributed by atoms with Crippen LogP contribution in [0.1, 0.15) is 17.3 Å². The summed E-state index contributed by atoms with van der Waals surface area (Å²) in [5.74, 6) is -0.894. The zero-order valence-corrected chi connectivity index (χ0v) is 12.1. The van der Waals surface area contributed by atoms with E-state index in [0.29, 0.717) is 5.56 Å². The first-order chi connectivity index (χ1) is 9.49. The Morgan fingerprint density at radius 3 is 2.45 bits per heavy atom. The van der Waals surface area contributed by atoms with Crippen LogP contribution in [-0.2, 0) is 0 Å². The van der Waals surface area contributed by atoms with E-state index in [9.17, 15) is 9.90 Å². The molecule has 1 unspecified atom stereocenters. The lowest BCUT2D eigenvalue weighted by Gasteiger charge is -2.20. The van der Waals surface area contributed by atoms with E-state index in [-0.39, 0.29) is 6.04 Å². The van der Waals surface area contributed by atoms with E-state index < -0.39 is 5.97 Å². The molecule has 1 atom stereocenters. The maximum absolute atomic E-state index is 11.3. The van der Waals surface area contributed by atoms with Crippen LogP contribution in [0.25, 0.3) is 10.8 Å². The molecule has 106 valence electrons. The molecule has 0 saturated heterocycles. The lowest BCUT2D eigenvalue weighted by molar-refractivity contribution is 0.0699. The highest BCUT2D eigenvalue weighted by molar-refractivity contribution is 6.07. The van der Waals surface area contributed by atoms with Crippen LogP contribution in [0.2, 0.25) is 0 Å². The van der Waals surface area contributed by atoms with Crippen LogP contribution >= 0.6 is 0 Å². The molecule has 0 heterocycles. The smallest absolute Gasteiger partial charge is 0.336 e. The molecule has 0 fully saturated rings. The first-order valence-electron chi connectivity index (χ1n) is 6.65. The van der Waals surface area contributed by atoms with Gasteiger partial charge in [0.05, 0.1) is 5.56 Å². The van der Waals surface area contributed by atoms with E-state index in [0.717, 1.165) is 23.0 Å². The molecule has 0 aliphatic rings. The molecule has 2 N–H and O–H groups in total. The highest BCUT2D eigenvalue weighted by Crippen LogP contribution is 2.27. The molecular formula is C16H20N2O2. The second kappa shape index (κ2) is 5.92. The van der Waals surface area contributed by atoms with E-state index in [1.54, 1.807) is 6.07 Å². The molecule has 0 radical (unpaired) electrons. The molecule has 2 aromatic rings. The third-order valence-corrected chi connectivity index (χ3v) is 3.20. The summed E-state index contributed by atoms with van der Waals surface area (Å²) in [5.41, 5.74) is 1.31. The van der Waals surface area contributed by atoms with Crippen LogP contribution in [-0.4, -0.2) is 42.7 Å². The van der Waals surface area contributed by atoms with E-state index in [1.807, 2.05) is 44.4 Å². The summed E-state index contributed by atoms with van der Waals surface area (Å²) in [4.78, 5) is 13.4. The molecule has 0 aliphatic heterocycles. The number of fused-ring (bicyclic) bond motifs is 1. The van der Waals surface area contributed by atoms with Gasteiger partial charge in [0, 0.05) is 23.7 Å². The third kappa shape index (κ3) is 3.08. The number of anilines is 1. The number of carbonyl (C=O) groups is 1. The number of nitrogens with one attached hydrogen (secondary N) is 1. The van der Waals surface area contributed by atoms with Gasteiger partial charge in [-0.3, -0.25) is 0 Å². The minimum Gasteiger partial charge on any atom is -0.478 e. The average molecular weight is 272 g/mol. The van der Waals surface area contributed by atoms with Crippen molar-refractivity contribution in [2.24, 2.45) is 0 Å². The molecule has 0 saturated carbocycles. The van der Waals surface area contributed by atoms with Crippen molar-refractivity contribution in [1.29, 1.82) is 0 Å². The van der Waals surface area contributed by atoms with Crippen molar-refractivity contribution in [3.63, 3.8) is 0 Å². The Labute approximate surface area is 119 Å². The van der Waals surface area contributed by atoms with Gasteiger partial charge in [0.15, 0.2) is 0 Å². The molecule has 4 heteroatoms. The number of rotatable bonds is 5.